The topological polar surface area (TPSA) is 75.7 Å². The van der Waals surface area contributed by atoms with Crippen molar-refractivity contribution in [2.24, 2.45) is 0 Å². The quantitative estimate of drug-likeness (QED) is 0.394. The van der Waals surface area contributed by atoms with Crippen LogP contribution >= 0.6 is 11.8 Å². The van der Waals surface area contributed by atoms with Gasteiger partial charge in [-0.2, -0.15) is 11.8 Å². The number of carbonyl (C=O) groups excluding carboxylic acids is 1. The second kappa shape index (κ2) is 11.9. The number of thioether (sulfide) groups is 1. The number of methoxy groups -OCH3 is 1. The molecule has 0 atom stereocenters. The van der Waals surface area contributed by atoms with Crippen LogP contribution in [0.5, 0.6) is 5.75 Å². The van der Waals surface area contributed by atoms with Crippen molar-refractivity contribution in [3.8, 4) is 5.75 Å². The molecule has 0 radical (unpaired) electrons. The average molecular weight is 503 g/mol. The smallest absolute Gasteiger partial charge is 0.264 e. The van der Waals surface area contributed by atoms with Crippen LogP contribution < -0.4 is 14.4 Å². The normalized spacial score (nSPS) is 11.1. The molecular weight excluding hydrogens is 475 g/mol. The molecule has 1 amide bonds. The Hall–Kier alpha value is -3.04. The maximum Gasteiger partial charge on any atom is 0.264 e. The number of amides is 1. The number of benzene rings is 3. The highest BCUT2D eigenvalue weighted by Crippen LogP contribution is 2.25. The van der Waals surface area contributed by atoms with E-state index in [2.05, 4.69) is 24.4 Å². The number of hydrogen-bond donors (Lipinski definition) is 1. The number of sulfonamides is 1. The van der Waals surface area contributed by atoms with Crippen molar-refractivity contribution in [3.05, 3.63) is 89.7 Å². The van der Waals surface area contributed by atoms with Crippen LogP contribution in [-0.4, -0.2) is 40.3 Å². The number of halogens is 1. The number of aryl methyl sites for hydroxylation is 1. The number of nitrogens with one attached hydrogen (secondary N) is 1. The Bertz CT molecular complexity index is 1200. The Labute approximate surface area is 204 Å². The van der Waals surface area contributed by atoms with Crippen molar-refractivity contribution >= 4 is 33.4 Å². The minimum atomic E-state index is -4.07. The fourth-order valence-corrected chi connectivity index (χ4v) is 5.56. The number of nitrogens with zero attached hydrogens (tertiary/aromatic N) is 1. The second-order valence-corrected chi connectivity index (χ2v) is 10.5. The Morgan fingerprint density at radius 1 is 1.03 bits per heavy atom. The maximum absolute atomic E-state index is 13.4. The number of anilines is 1. The Kier molecular flexibility index (Phi) is 8.95. The number of carbonyl (C=O) groups is 1. The standard InChI is InChI=1S/C25H27FN2O4S2/c1-19-5-3-4-6-20(19)18-33-16-15-27-25(29)17-28(22-9-7-21(26)8-10-22)34(30,31)24-13-11-23(32-2)12-14-24/h3-14H,15-18H2,1-2H3,(H,27,29). The lowest BCUT2D eigenvalue weighted by Crippen LogP contribution is -2.41. The third-order valence-electron chi connectivity index (χ3n) is 5.14. The fourth-order valence-electron chi connectivity index (χ4n) is 3.20. The van der Waals surface area contributed by atoms with Gasteiger partial charge in [0.2, 0.25) is 5.91 Å². The summed E-state index contributed by atoms with van der Waals surface area (Å²) in [6.07, 6.45) is 0. The molecule has 9 heteroatoms. The molecule has 6 nitrogen and oxygen atoms in total. The van der Waals surface area contributed by atoms with Gasteiger partial charge in [-0.3, -0.25) is 9.10 Å². The second-order valence-electron chi connectivity index (χ2n) is 7.49. The zero-order valence-electron chi connectivity index (χ0n) is 19.0. The monoisotopic (exact) mass is 502 g/mol. The Balaban J connectivity index is 1.66. The van der Waals surface area contributed by atoms with E-state index < -0.39 is 28.3 Å². The molecule has 0 aliphatic heterocycles. The zero-order valence-corrected chi connectivity index (χ0v) is 20.7. The van der Waals surface area contributed by atoms with E-state index in [0.717, 1.165) is 22.2 Å². The first kappa shape index (κ1) is 25.6. The largest absolute Gasteiger partial charge is 0.497 e. The third kappa shape index (κ3) is 6.74. The molecule has 0 aromatic heterocycles. The number of rotatable bonds is 11. The molecule has 0 heterocycles. The SMILES string of the molecule is COc1ccc(S(=O)(=O)N(CC(=O)NCCSCc2ccccc2C)c2ccc(F)cc2)cc1. The third-order valence-corrected chi connectivity index (χ3v) is 7.93. The van der Waals surface area contributed by atoms with Gasteiger partial charge in [-0.05, 0) is 66.6 Å². The number of hydrogen-bond acceptors (Lipinski definition) is 5. The van der Waals surface area contributed by atoms with Gasteiger partial charge in [0.25, 0.3) is 10.0 Å². The summed E-state index contributed by atoms with van der Waals surface area (Å²) >= 11 is 1.69. The first-order valence-electron chi connectivity index (χ1n) is 10.6. The molecule has 0 unspecified atom stereocenters. The van der Waals surface area contributed by atoms with Gasteiger partial charge in [-0.25, -0.2) is 12.8 Å². The summed E-state index contributed by atoms with van der Waals surface area (Å²) in [6.45, 7) is 2.03. The molecular formula is C25H27FN2O4S2. The number of ether oxygens (including phenoxy) is 1. The van der Waals surface area contributed by atoms with Gasteiger partial charge in [0.1, 0.15) is 18.1 Å². The molecule has 0 saturated heterocycles. The van der Waals surface area contributed by atoms with Crippen LogP contribution in [0.4, 0.5) is 10.1 Å². The lowest BCUT2D eigenvalue weighted by Gasteiger charge is -2.24. The maximum atomic E-state index is 13.4. The summed E-state index contributed by atoms with van der Waals surface area (Å²) in [7, 11) is -2.59. The van der Waals surface area contributed by atoms with Gasteiger partial charge in [0.05, 0.1) is 17.7 Å². The van der Waals surface area contributed by atoms with Gasteiger partial charge in [-0.1, -0.05) is 24.3 Å². The summed E-state index contributed by atoms with van der Waals surface area (Å²) in [5.74, 6) is 1.07. The molecule has 0 saturated carbocycles. The predicted molar refractivity (Wildman–Crippen MR) is 134 cm³/mol. The molecule has 0 aliphatic carbocycles. The van der Waals surface area contributed by atoms with Crippen molar-refractivity contribution in [2.45, 2.75) is 17.6 Å². The van der Waals surface area contributed by atoms with Crippen LogP contribution in [0.2, 0.25) is 0 Å². The van der Waals surface area contributed by atoms with Crippen molar-refractivity contribution in [2.75, 3.05) is 30.3 Å². The molecule has 0 aliphatic rings. The predicted octanol–water partition coefficient (Wildman–Crippen LogP) is 4.39. The first-order chi connectivity index (χ1) is 16.3. The van der Waals surface area contributed by atoms with E-state index in [4.69, 9.17) is 4.74 Å². The van der Waals surface area contributed by atoms with E-state index in [0.29, 0.717) is 18.0 Å². The molecule has 3 rings (SSSR count). The molecule has 0 spiro atoms. The van der Waals surface area contributed by atoms with Gasteiger partial charge in [-0.15, -0.1) is 0 Å². The Morgan fingerprint density at radius 3 is 2.35 bits per heavy atom. The highest BCUT2D eigenvalue weighted by Gasteiger charge is 2.27. The summed E-state index contributed by atoms with van der Waals surface area (Å²) in [4.78, 5) is 12.6. The highest BCUT2D eigenvalue weighted by molar-refractivity contribution is 7.98. The van der Waals surface area contributed by atoms with E-state index in [9.17, 15) is 17.6 Å². The van der Waals surface area contributed by atoms with E-state index in [-0.39, 0.29) is 10.6 Å². The fraction of sp³-hybridized carbons (Fsp3) is 0.240. The molecule has 3 aromatic carbocycles. The average Bonchev–Trinajstić information content (AvgIpc) is 2.84. The van der Waals surface area contributed by atoms with Crippen molar-refractivity contribution in [1.82, 2.24) is 5.32 Å². The lowest BCUT2D eigenvalue weighted by molar-refractivity contribution is -0.119. The van der Waals surface area contributed by atoms with E-state index >= 15 is 0 Å². The van der Waals surface area contributed by atoms with Crippen LogP contribution in [0.1, 0.15) is 11.1 Å². The molecule has 1 N–H and O–H groups in total. The minimum Gasteiger partial charge on any atom is -0.497 e. The highest BCUT2D eigenvalue weighted by atomic mass is 32.2. The molecule has 0 fully saturated rings. The zero-order chi connectivity index (χ0) is 24.6. The van der Waals surface area contributed by atoms with Gasteiger partial charge in [0, 0.05) is 18.1 Å². The van der Waals surface area contributed by atoms with Gasteiger partial charge in [0.15, 0.2) is 0 Å². The van der Waals surface area contributed by atoms with Crippen molar-refractivity contribution in [3.63, 3.8) is 0 Å². The van der Waals surface area contributed by atoms with Gasteiger partial charge < -0.3 is 10.1 Å². The van der Waals surface area contributed by atoms with Crippen molar-refractivity contribution in [1.29, 1.82) is 0 Å². The molecule has 0 bridgehead atoms. The summed E-state index contributed by atoms with van der Waals surface area (Å²) in [6, 6.07) is 19.0. The van der Waals surface area contributed by atoms with Crippen LogP contribution in [-0.2, 0) is 20.6 Å². The van der Waals surface area contributed by atoms with Crippen LogP contribution in [0, 0.1) is 12.7 Å². The van der Waals surface area contributed by atoms with Crippen LogP contribution in [0.15, 0.2) is 77.7 Å². The van der Waals surface area contributed by atoms with Gasteiger partial charge >= 0.3 is 0 Å². The Morgan fingerprint density at radius 2 is 1.71 bits per heavy atom. The summed E-state index contributed by atoms with van der Waals surface area (Å²) in [5, 5.41) is 2.78. The molecule has 34 heavy (non-hydrogen) atoms. The first-order valence-corrected chi connectivity index (χ1v) is 13.2. The summed E-state index contributed by atoms with van der Waals surface area (Å²) in [5.41, 5.74) is 2.66. The van der Waals surface area contributed by atoms with E-state index in [1.807, 2.05) is 12.1 Å². The van der Waals surface area contributed by atoms with E-state index in [1.54, 1.807) is 11.8 Å². The van der Waals surface area contributed by atoms with Crippen molar-refractivity contribution < 1.29 is 22.3 Å². The van der Waals surface area contributed by atoms with E-state index in [1.165, 1.54) is 54.6 Å². The van der Waals surface area contributed by atoms with Crippen LogP contribution in [0.3, 0.4) is 0 Å². The lowest BCUT2D eigenvalue weighted by atomic mass is 10.1. The minimum absolute atomic E-state index is 0.000730. The molecule has 3 aromatic rings. The molecule has 180 valence electrons. The summed E-state index contributed by atoms with van der Waals surface area (Å²) < 4.78 is 46.2. The van der Waals surface area contributed by atoms with Crippen LogP contribution in [0.25, 0.3) is 0 Å².